The van der Waals surface area contributed by atoms with Crippen molar-refractivity contribution < 1.29 is 29.1 Å². The van der Waals surface area contributed by atoms with Crippen molar-refractivity contribution in [1.29, 1.82) is 0 Å². The van der Waals surface area contributed by atoms with E-state index in [-0.39, 0.29) is 34.7 Å². The average Bonchev–Trinajstić information content (AvgIpc) is 2.98. The number of aromatic nitrogens is 2. The van der Waals surface area contributed by atoms with E-state index in [0.29, 0.717) is 16.0 Å². The first-order valence-corrected chi connectivity index (χ1v) is 14.9. The normalized spacial score (nSPS) is 10.7. The molecule has 1 heterocycles. The highest BCUT2D eigenvalue weighted by atomic mass is 35.5. The molecule has 0 fully saturated rings. The molecule has 0 saturated heterocycles. The topological polar surface area (TPSA) is 155 Å². The minimum absolute atomic E-state index is 0.00705. The van der Waals surface area contributed by atoms with E-state index in [9.17, 15) is 19.6 Å². The van der Waals surface area contributed by atoms with E-state index >= 15 is 0 Å². The number of hydrogen-bond donors (Lipinski definition) is 4. The monoisotopic (exact) mass is 614 g/mol. The van der Waals surface area contributed by atoms with Gasteiger partial charge in [0.05, 0.1) is 17.7 Å². The van der Waals surface area contributed by atoms with Crippen molar-refractivity contribution in [3.05, 3.63) is 53.2 Å². The average molecular weight is 615 g/mol. The van der Waals surface area contributed by atoms with Gasteiger partial charge in [0.2, 0.25) is 5.95 Å². The molecule has 3 aromatic rings. The minimum Gasteiger partial charge on any atom is -0.449 e. The lowest BCUT2D eigenvalue weighted by atomic mass is 10.1. The Bertz CT molecular complexity index is 1370. The van der Waals surface area contributed by atoms with E-state index < -0.39 is 18.1 Å². The molecule has 43 heavy (non-hydrogen) atoms. The van der Waals surface area contributed by atoms with Crippen molar-refractivity contribution in [3.8, 4) is 5.75 Å². The third kappa shape index (κ3) is 11.2. The van der Waals surface area contributed by atoms with E-state index in [1.54, 1.807) is 24.3 Å². The Morgan fingerprint density at radius 2 is 1.58 bits per heavy atom. The van der Waals surface area contributed by atoms with Gasteiger partial charge in [-0.25, -0.2) is 25.1 Å². The van der Waals surface area contributed by atoms with Crippen LogP contribution in [0.2, 0.25) is 5.15 Å². The second-order valence-corrected chi connectivity index (χ2v) is 10.3. The number of halogens is 1. The molecule has 13 heteroatoms. The number of nitrogens with one attached hydrogen (secondary N) is 3. The van der Waals surface area contributed by atoms with Crippen molar-refractivity contribution >= 4 is 52.2 Å². The van der Waals surface area contributed by atoms with Gasteiger partial charge >= 0.3 is 12.2 Å². The molecule has 0 bridgehead atoms. The van der Waals surface area contributed by atoms with Crippen LogP contribution in [0.4, 0.5) is 21.2 Å². The van der Waals surface area contributed by atoms with Crippen molar-refractivity contribution in [2.24, 2.45) is 0 Å². The summed E-state index contributed by atoms with van der Waals surface area (Å²) in [4.78, 5) is 45.7. The molecule has 3 amide bonds. The first-order chi connectivity index (χ1) is 20.8. The van der Waals surface area contributed by atoms with Crippen LogP contribution in [0.1, 0.15) is 81.5 Å². The van der Waals surface area contributed by atoms with Crippen LogP contribution in [0.3, 0.4) is 0 Å². The molecule has 1 aromatic heterocycles. The summed E-state index contributed by atoms with van der Waals surface area (Å²) in [5, 5.41) is 13.4. The highest BCUT2D eigenvalue weighted by Crippen LogP contribution is 2.25. The lowest BCUT2D eigenvalue weighted by Crippen LogP contribution is -2.33. The highest BCUT2D eigenvalue weighted by molar-refractivity contribution is 6.34. The van der Waals surface area contributed by atoms with Gasteiger partial charge in [-0.1, -0.05) is 88.4 Å². The van der Waals surface area contributed by atoms with Gasteiger partial charge in [0, 0.05) is 24.2 Å². The van der Waals surface area contributed by atoms with Crippen LogP contribution in [0.15, 0.2) is 42.5 Å². The summed E-state index contributed by atoms with van der Waals surface area (Å²) in [6.07, 6.45) is 9.99. The zero-order valence-corrected chi connectivity index (χ0v) is 25.3. The van der Waals surface area contributed by atoms with E-state index in [0.717, 1.165) is 26.3 Å². The van der Waals surface area contributed by atoms with E-state index in [2.05, 4.69) is 33.1 Å². The molecule has 0 aliphatic rings. The predicted molar refractivity (Wildman–Crippen MR) is 164 cm³/mol. The fourth-order valence-corrected chi connectivity index (χ4v) is 4.51. The van der Waals surface area contributed by atoms with Crippen LogP contribution >= 0.6 is 11.6 Å². The molecule has 0 spiro atoms. The summed E-state index contributed by atoms with van der Waals surface area (Å²) < 4.78 is 10.6. The van der Waals surface area contributed by atoms with E-state index in [1.807, 2.05) is 0 Å². The maximum Gasteiger partial charge on any atom is 0.431 e. The van der Waals surface area contributed by atoms with Gasteiger partial charge in [0.1, 0.15) is 10.9 Å². The molecule has 0 atom stereocenters. The van der Waals surface area contributed by atoms with Gasteiger partial charge in [-0.2, -0.15) is 4.98 Å². The quantitative estimate of drug-likeness (QED) is 0.0561. The zero-order chi connectivity index (χ0) is 31.0. The molecule has 4 N–H and O–H groups in total. The van der Waals surface area contributed by atoms with Crippen molar-refractivity contribution in [2.75, 3.05) is 24.4 Å². The van der Waals surface area contributed by atoms with Crippen LogP contribution in [-0.4, -0.2) is 52.0 Å². The van der Waals surface area contributed by atoms with E-state index in [4.69, 9.17) is 21.1 Å². The number of benzene rings is 2. The number of hydrogen-bond acceptors (Lipinski definition) is 9. The number of carbonyl (C=O) groups excluding carboxylic acids is 3. The molecule has 0 aliphatic heterocycles. The lowest BCUT2D eigenvalue weighted by Gasteiger charge is -2.15. The summed E-state index contributed by atoms with van der Waals surface area (Å²) >= 11 is 6.19. The van der Waals surface area contributed by atoms with Gasteiger partial charge < -0.3 is 9.47 Å². The Hall–Kier alpha value is -4.16. The Labute approximate surface area is 256 Å². The van der Waals surface area contributed by atoms with Gasteiger partial charge in [0.15, 0.2) is 0 Å². The number of rotatable bonds is 16. The summed E-state index contributed by atoms with van der Waals surface area (Å²) in [7, 11) is 1.13. The number of amides is 3. The fourth-order valence-electron chi connectivity index (χ4n) is 4.27. The summed E-state index contributed by atoms with van der Waals surface area (Å²) in [6.45, 7) is 2.48. The molecule has 3 rings (SSSR count). The molecule has 0 saturated carbocycles. The molecule has 232 valence electrons. The number of hydroxylamine groups is 2. The minimum atomic E-state index is -1.02. The Kier molecular flexibility index (Phi) is 13.7. The first-order valence-electron chi connectivity index (χ1n) is 14.5. The summed E-state index contributed by atoms with van der Waals surface area (Å²) in [5.74, 6) is -1.06. The predicted octanol–water partition coefficient (Wildman–Crippen LogP) is 7.33. The number of fused-ring (bicyclic) bond motifs is 1. The Morgan fingerprint density at radius 3 is 2.28 bits per heavy atom. The molecular weight excluding hydrogens is 576 g/mol. The van der Waals surface area contributed by atoms with Crippen LogP contribution in [0.25, 0.3) is 10.9 Å². The fraction of sp³-hybridized carbons (Fsp3) is 0.433. The van der Waals surface area contributed by atoms with Gasteiger partial charge in [-0.15, -0.1) is 0 Å². The molecule has 0 unspecified atom stereocenters. The number of nitrogens with zero attached hydrogens (tertiary/aromatic N) is 3. The number of anilines is 2. The third-order valence-electron chi connectivity index (χ3n) is 6.52. The van der Waals surface area contributed by atoms with E-state index in [1.165, 1.54) is 63.1 Å². The number of carbonyl (C=O) groups is 3. The van der Waals surface area contributed by atoms with Crippen molar-refractivity contribution in [3.63, 3.8) is 0 Å². The van der Waals surface area contributed by atoms with Crippen LogP contribution in [-0.2, 0) is 4.74 Å². The van der Waals surface area contributed by atoms with Crippen LogP contribution in [0, 0.1) is 0 Å². The first kappa shape index (κ1) is 33.3. The zero-order valence-electron chi connectivity index (χ0n) is 24.5. The lowest BCUT2D eigenvalue weighted by molar-refractivity contribution is -0.0376. The molecule has 0 radical (unpaired) electrons. The van der Waals surface area contributed by atoms with Gasteiger partial charge in [-0.05, 0) is 30.7 Å². The maximum atomic E-state index is 12.6. The molecule has 0 aliphatic carbocycles. The van der Waals surface area contributed by atoms with Crippen molar-refractivity contribution in [2.45, 2.75) is 71.1 Å². The van der Waals surface area contributed by atoms with Gasteiger partial charge in [-0.3, -0.25) is 20.7 Å². The maximum absolute atomic E-state index is 12.6. The van der Waals surface area contributed by atoms with Crippen LogP contribution in [0.5, 0.6) is 5.75 Å². The van der Waals surface area contributed by atoms with Crippen molar-refractivity contribution in [1.82, 2.24) is 20.5 Å². The number of para-hydroxylation sites is 1. The number of unbranched alkanes of at least 4 members (excludes halogenated alkanes) is 9. The SMILES string of the molecule is CCCCCCCCCCCCOC(=O)Nc1ccc(C(=O)N(C)O)c(OC(=O)NNc2nc(Cl)c3ccccc3n2)c1. The van der Waals surface area contributed by atoms with Crippen LogP contribution < -0.4 is 20.9 Å². The largest absolute Gasteiger partial charge is 0.449 e. The Balaban J connectivity index is 1.50. The Morgan fingerprint density at radius 1 is 0.907 bits per heavy atom. The number of hydrazine groups is 1. The second-order valence-electron chi connectivity index (χ2n) is 9.98. The number of ether oxygens (including phenoxy) is 2. The molecule has 2 aromatic carbocycles. The summed E-state index contributed by atoms with van der Waals surface area (Å²) in [5.41, 5.74) is 5.41. The second kappa shape index (κ2) is 17.7. The highest BCUT2D eigenvalue weighted by Gasteiger charge is 2.20. The summed E-state index contributed by atoms with van der Waals surface area (Å²) in [6, 6.07) is 11.1. The molecule has 12 nitrogen and oxygen atoms in total. The smallest absolute Gasteiger partial charge is 0.431 e. The third-order valence-corrected chi connectivity index (χ3v) is 6.81. The van der Waals surface area contributed by atoms with Gasteiger partial charge in [0.25, 0.3) is 5.91 Å². The standard InChI is InChI=1S/C30H39ClN6O6/c1-3-4-5-6-7-8-9-10-11-14-19-42-29(39)32-21-17-18-23(27(38)37(2)41)25(20-21)43-30(40)36-35-28-33-24-16-13-12-15-22(24)26(31)34-28/h12-13,15-18,20,41H,3-11,14,19H2,1-2H3,(H,32,39)(H,36,40)(H,33,34,35). The molecular formula is C30H39ClN6O6.